The minimum Gasteiger partial charge on any atom is -0.496 e. The minimum absolute atomic E-state index is 0.526. The van der Waals surface area contributed by atoms with Crippen LogP contribution in [0.1, 0.15) is 82.6 Å². The van der Waals surface area contributed by atoms with Crippen LogP contribution in [0.25, 0.3) is 11.1 Å². The SMILES string of the molecule is COc1c(CCCCCCOC=O)ccc2c1=C1CC(CCCCCCOC=O)CCC=21. The van der Waals surface area contributed by atoms with Crippen LogP contribution in [0.3, 0.4) is 0 Å². The molecule has 0 aliphatic heterocycles. The van der Waals surface area contributed by atoms with Gasteiger partial charge in [-0.25, -0.2) is 0 Å². The van der Waals surface area contributed by atoms with Crippen LogP contribution in [0.5, 0.6) is 5.75 Å². The molecule has 32 heavy (non-hydrogen) atoms. The first-order chi connectivity index (χ1) is 15.8. The minimum atomic E-state index is 0.526. The lowest BCUT2D eigenvalue weighted by molar-refractivity contribution is -0.129. The van der Waals surface area contributed by atoms with E-state index in [1.54, 1.807) is 11.1 Å². The number of ether oxygens (including phenoxy) is 3. The predicted octanol–water partition coefficient (Wildman–Crippen LogP) is 4.21. The number of aryl methyl sites for hydroxylation is 1. The molecule has 0 N–H and O–H groups in total. The van der Waals surface area contributed by atoms with Gasteiger partial charge in [0.05, 0.1) is 20.3 Å². The summed E-state index contributed by atoms with van der Waals surface area (Å²) in [4.78, 5) is 20.4. The van der Waals surface area contributed by atoms with E-state index in [4.69, 9.17) is 14.2 Å². The fraction of sp³-hybridized carbons (Fsp3) is 0.630. The van der Waals surface area contributed by atoms with Crippen LogP contribution < -0.4 is 15.2 Å². The van der Waals surface area contributed by atoms with Gasteiger partial charge in [-0.1, -0.05) is 50.7 Å². The molecule has 5 nitrogen and oxygen atoms in total. The zero-order chi connectivity index (χ0) is 22.6. The normalized spacial score (nSPS) is 16.6. The molecule has 0 spiro atoms. The molecule has 2 aliphatic rings. The van der Waals surface area contributed by atoms with Crippen LogP contribution >= 0.6 is 0 Å². The van der Waals surface area contributed by atoms with E-state index in [0.29, 0.717) is 26.2 Å². The highest BCUT2D eigenvalue weighted by molar-refractivity contribution is 5.95. The number of hydrogen-bond acceptors (Lipinski definition) is 5. The fourth-order valence-electron chi connectivity index (χ4n) is 5.28. The van der Waals surface area contributed by atoms with Crippen LogP contribution in [-0.2, 0) is 25.5 Å². The molecule has 0 saturated heterocycles. The number of benzene rings is 1. The van der Waals surface area contributed by atoms with Crippen molar-refractivity contribution in [1.82, 2.24) is 0 Å². The highest BCUT2D eigenvalue weighted by atomic mass is 16.5. The van der Waals surface area contributed by atoms with Crippen molar-refractivity contribution in [3.8, 4) is 5.75 Å². The van der Waals surface area contributed by atoms with Crippen LogP contribution in [0.4, 0.5) is 0 Å². The average molecular weight is 443 g/mol. The highest BCUT2D eigenvalue weighted by Crippen LogP contribution is 2.39. The summed E-state index contributed by atoms with van der Waals surface area (Å²) in [7, 11) is 1.81. The van der Waals surface area contributed by atoms with E-state index in [-0.39, 0.29) is 0 Å². The Morgan fingerprint density at radius 1 is 0.875 bits per heavy atom. The Balaban J connectivity index is 1.52. The molecule has 1 aromatic rings. The van der Waals surface area contributed by atoms with Gasteiger partial charge in [-0.2, -0.15) is 0 Å². The van der Waals surface area contributed by atoms with E-state index in [1.807, 2.05) is 7.11 Å². The summed E-state index contributed by atoms with van der Waals surface area (Å²) in [6, 6.07) is 4.57. The Morgan fingerprint density at radius 3 is 2.25 bits per heavy atom. The second-order valence-electron chi connectivity index (χ2n) is 9.05. The largest absolute Gasteiger partial charge is 0.496 e. The topological polar surface area (TPSA) is 61.8 Å². The Labute approximate surface area is 191 Å². The third-order valence-electron chi connectivity index (χ3n) is 6.95. The van der Waals surface area contributed by atoms with Crippen molar-refractivity contribution in [3.05, 3.63) is 28.1 Å². The van der Waals surface area contributed by atoms with Gasteiger partial charge in [0.2, 0.25) is 0 Å². The van der Waals surface area contributed by atoms with E-state index in [0.717, 1.165) is 56.6 Å². The molecule has 1 saturated carbocycles. The van der Waals surface area contributed by atoms with Gasteiger partial charge >= 0.3 is 0 Å². The summed E-state index contributed by atoms with van der Waals surface area (Å²) in [6.45, 7) is 2.14. The molecule has 1 fully saturated rings. The van der Waals surface area contributed by atoms with Crippen LogP contribution in [0.15, 0.2) is 12.1 Å². The smallest absolute Gasteiger partial charge is 0.293 e. The second kappa shape index (κ2) is 13.3. The van der Waals surface area contributed by atoms with Crippen molar-refractivity contribution in [1.29, 1.82) is 0 Å². The van der Waals surface area contributed by atoms with Gasteiger partial charge in [-0.05, 0) is 72.8 Å². The predicted molar refractivity (Wildman–Crippen MR) is 126 cm³/mol. The Morgan fingerprint density at radius 2 is 1.56 bits per heavy atom. The van der Waals surface area contributed by atoms with Gasteiger partial charge in [0.25, 0.3) is 12.9 Å². The second-order valence-corrected chi connectivity index (χ2v) is 9.05. The lowest BCUT2D eigenvalue weighted by Gasteiger charge is -2.32. The van der Waals surface area contributed by atoms with E-state index in [2.05, 4.69) is 12.1 Å². The molecule has 1 atom stereocenters. The molecular weight excluding hydrogens is 404 g/mol. The molecule has 1 aromatic carbocycles. The van der Waals surface area contributed by atoms with E-state index < -0.39 is 0 Å². The van der Waals surface area contributed by atoms with Gasteiger partial charge in [0.15, 0.2) is 0 Å². The maximum Gasteiger partial charge on any atom is 0.293 e. The first-order valence-electron chi connectivity index (χ1n) is 12.3. The summed E-state index contributed by atoms with van der Waals surface area (Å²) >= 11 is 0. The first kappa shape index (κ1) is 24.3. The van der Waals surface area contributed by atoms with Gasteiger partial charge in [-0.15, -0.1) is 0 Å². The maximum atomic E-state index is 10.2. The highest BCUT2D eigenvalue weighted by Gasteiger charge is 2.28. The molecule has 0 heterocycles. The summed E-state index contributed by atoms with van der Waals surface area (Å²) in [5.74, 6) is 1.87. The van der Waals surface area contributed by atoms with Gasteiger partial charge < -0.3 is 14.2 Å². The molecule has 2 aliphatic carbocycles. The number of hydrogen-bond donors (Lipinski definition) is 0. The molecule has 0 amide bonds. The number of carbonyl (C=O) groups excluding carboxylic acids is 2. The quantitative estimate of drug-likeness (QED) is 0.267. The Bertz CT molecular complexity index is 873. The molecule has 0 bridgehead atoms. The molecular formula is C27H38O5. The monoisotopic (exact) mass is 442 g/mol. The Hall–Kier alpha value is -2.30. The Kier molecular flexibility index (Phi) is 10.1. The summed E-state index contributed by atoms with van der Waals surface area (Å²) in [6.07, 6.45) is 14.9. The standard InChI is InChI=1S/C27H38O5/c1-30-27-22(11-7-3-5-9-17-32-20-29)13-15-24-23-14-12-21(18-25(23)26(24)27)10-6-2-4-8-16-31-19-28/h13,15,19-21H,2-12,14,16-18H2,1H3. The number of methoxy groups -OCH3 is 1. The van der Waals surface area contributed by atoms with Crippen molar-refractivity contribution in [3.63, 3.8) is 0 Å². The van der Waals surface area contributed by atoms with Crippen LogP contribution in [0.2, 0.25) is 0 Å². The molecule has 0 radical (unpaired) electrons. The number of carbonyl (C=O) groups is 2. The van der Waals surface area contributed by atoms with E-state index in [1.165, 1.54) is 54.5 Å². The van der Waals surface area contributed by atoms with Crippen molar-refractivity contribution < 1.29 is 23.8 Å². The third kappa shape index (κ3) is 6.36. The molecule has 5 heteroatoms. The van der Waals surface area contributed by atoms with E-state index >= 15 is 0 Å². The third-order valence-corrected chi connectivity index (χ3v) is 6.95. The van der Waals surface area contributed by atoms with E-state index in [9.17, 15) is 9.59 Å². The average Bonchev–Trinajstić information content (AvgIpc) is 2.81. The fourth-order valence-corrected chi connectivity index (χ4v) is 5.28. The van der Waals surface area contributed by atoms with Crippen LogP contribution in [-0.4, -0.2) is 33.3 Å². The molecule has 3 rings (SSSR count). The lowest BCUT2D eigenvalue weighted by Crippen LogP contribution is -2.42. The lowest BCUT2D eigenvalue weighted by atomic mass is 9.73. The van der Waals surface area contributed by atoms with Gasteiger partial charge in [-0.3, -0.25) is 9.59 Å². The van der Waals surface area contributed by atoms with Gasteiger partial charge in [0, 0.05) is 5.22 Å². The number of unbranched alkanes of at least 4 members (excludes halogenated alkanes) is 6. The van der Waals surface area contributed by atoms with Crippen molar-refractivity contribution >= 4 is 24.1 Å². The van der Waals surface area contributed by atoms with Crippen LogP contribution in [0, 0.1) is 5.92 Å². The summed E-state index contributed by atoms with van der Waals surface area (Å²) < 4.78 is 15.4. The van der Waals surface area contributed by atoms with Crippen molar-refractivity contribution in [2.45, 2.75) is 83.5 Å². The number of fused-ring (bicyclic) bond motifs is 2. The maximum absolute atomic E-state index is 10.2. The number of rotatable bonds is 17. The molecule has 176 valence electrons. The molecule has 0 aromatic heterocycles. The zero-order valence-electron chi connectivity index (χ0n) is 19.5. The first-order valence-corrected chi connectivity index (χ1v) is 12.3. The molecule has 1 unspecified atom stereocenters. The summed E-state index contributed by atoms with van der Waals surface area (Å²) in [5.41, 5.74) is 4.45. The van der Waals surface area contributed by atoms with Crippen molar-refractivity contribution in [2.75, 3.05) is 20.3 Å². The van der Waals surface area contributed by atoms with Crippen molar-refractivity contribution in [2.24, 2.45) is 5.92 Å². The zero-order valence-corrected chi connectivity index (χ0v) is 19.5. The summed E-state index contributed by atoms with van der Waals surface area (Å²) in [5, 5.41) is 2.80. The van der Waals surface area contributed by atoms with Gasteiger partial charge in [0.1, 0.15) is 5.75 Å².